The first-order valence-corrected chi connectivity index (χ1v) is 12.4. The molecule has 1 heterocycles. The number of aromatic nitrogens is 1. The van der Waals surface area contributed by atoms with Gasteiger partial charge >= 0.3 is 6.09 Å². The quantitative estimate of drug-likeness (QED) is 0.331. The largest absolute Gasteiger partial charge is 0.489 e. The van der Waals surface area contributed by atoms with Crippen LogP contribution in [-0.4, -0.2) is 29.9 Å². The summed E-state index contributed by atoms with van der Waals surface area (Å²) in [6.45, 7) is 12.9. The van der Waals surface area contributed by atoms with Crippen LogP contribution in [0.5, 0.6) is 5.75 Å². The predicted octanol–water partition coefficient (Wildman–Crippen LogP) is 6.87. The lowest BCUT2D eigenvalue weighted by Gasteiger charge is -2.37. The van der Waals surface area contributed by atoms with Crippen LogP contribution in [0.15, 0.2) is 53.3 Å². The first-order valence-electron chi connectivity index (χ1n) is 12.4. The van der Waals surface area contributed by atoms with Crippen molar-refractivity contribution in [3.8, 4) is 16.9 Å². The lowest BCUT2D eigenvalue weighted by atomic mass is 10.00. The number of methoxy groups -OCH3 is 1. The number of carbonyl (C=O) groups excluding carboxylic acids is 1. The minimum Gasteiger partial charge on any atom is -0.489 e. The summed E-state index contributed by atoms with van der Waals surface area (Å²) in [5.74, 6) is 1.15. The molecule has 0 bridgehead atoms. The molecule has 188 valence electrons. The Bertz CT molecular complexity index is 1220. The Morgan fingerprint density at radius 2 is 1.71 bits per heavy atom. The summed E-state index contributed by atoms with van der Waals surface area (Å²) in [6.07, 6.45) is 1.29. The lowest BCUT2D eigenvalue weighted by Crippen LogP contribution is -2.48. The minimum absolute atomic E-state index is 0.149. The van der Waals surface area contributed by atoms with E-state index >= 15 is 0 Å². The Kier molecular flexibility index (Phi) is 8.26. The molecule has 0 fully saturated rings. The second-order valence-corrected chi connectivity index (χ2v) is 10.3. The molecule has 0 spiro atoms. The van der Waals surface area contributed by atoms with Gasteiger partial charge in [-0.1, -0.05) is 63.6 Å². The van der Waals surface area contributed by atoms with Crippen molar-refractivity contribution in [2.75, 3.05) is 18.6 Å². The molecule has 2 aromatic carbocycles. The van der Waals surface area contributed by atoms with Gasteiger partial charge in [-0.2, -0.15) is 0 Å². The summed E-state index contributed by atoms with van der Waals surface area (Å²) in [4.78, 5) is 28.6. The fraction of sp³-hybridized carbons (Fsp3) is 0.448. The van der Waals surface area contributed by atoms with Crippen molar-refractivity contribution in [3.05, 3.63) is 58.9 Å². The molecule has 0 atom stereocenters. The van der Waals surface area contributed by atoms with E-state index in [1.54, 1.807) is 9.47 Å². The van der Waals surface area contributed by atoms with Gasteiger partial charge in [-0.15, -0.1) is 0 Å². The molecule has 0 unspecified atom stereocenters. The minimum atomic E-state index is -0.661. The van der Waals surface area contributed by atoms with E-state index in [1.165, 1.54) is 7.11 Å². The van der Waals surface area contributed by atoms with Crippen LogP contribution in [0.25, 0.3) is 21.9 Å². The van der Waals surface area contributed by atoms with Gasteiger partial charge < -0.3 is 9.47 Å². The third kappa shape index (κ3) is 5.69. The average Bonchev–Trinajstić information content (AvgIpc) is 2.82. The van der Waals surface area contributed by atoms with E-state index in [0.29, 0.717) is 35.5 Å². The Morgan fingerprint density at radius 3 is 2.29 bits per heavy atom. The Balaban J connectivity index is 2.46. The molecular formula is C29H38N2O4. The molecule has 3 aromatic rings. The molecule has 1 aromatic heterocycles. The predicted molar refractivity (Wildman–Crippen MR) is 144 cm³/mol. The molecule has 0 N–H and O–H groups in total. The molecule has 6 nitrogen and oxygen atoms in total. The third-order valence-corrected chi connectivity index (χ3v) is 5.84. The van der Waals surface area contributed by atoms with Crippen molar-refractivity contribution >= 4 is 22.7 Å². The first-order chi connectivity index (χ1) is 16.6. The average molecular weight is 479 g/mol. The number of ether oxygens (including phenoxy) is 2. The summed E-state index contributed by atoms with van der Waals surface area (Å²) in [5.41, 5.74) is 1.21. The normalized spacial score (nSPS) is 11.7. The van der Waals surface area contributed by atoms with Crippen LogP contribution in [0.4, 0.5) is 10.6 Å². The number of carbonyl (C=O) groups is 1. The molecule has 0 saturated carbocycles. The van der Waals surface area contributed by atoms with Gasteiger partial charge in [-0.25, -0.2) is 4.79 Å². The van der Waals surface area contributed by atoms with Gasteiger partial charge in [0, 0.05) is 17.5 Å². The van der Waals surface area contributed by atoms with Crippen molar-refractivity contribution in [2.24, 2.45) is 5.92 Å². The molecule has 6 heteroatoms. The molecule has 0 saturated heterocycles. The number of pyridine rings is 1. The molecule has 0 aliphatic carbocycles. The van der Waals surface area contributed by atoms with E-state index in [9.17, 15) is 9.59 Å². The van der Waals surface area contributed by atoms with Crippen LogP contribution < -0.4 is 15.2 Å². The Morgan fingerprint density at radius 1 is 1.03 bits per heavy atom. The lowest BCUT2D eigenvalue weighted by molar-refractivity contribution is 0.171. The number of rotatable bonds is 8. The highest BCUT2D eigenvalue weighted by Crippen LogP contribution is 2.40. The number of anilines is 1. The SMILES string of the molecule is CCCCOc1c(N(C(=O)OC)C(C)(C)C)n(CC(C)C)c(=O)c2ccc(-c3ccccc3)cc12. The van der Waals surface area contributed by atoms with Gasteiger partial charge in [0.05, 0.1) is 19.1 Å². The molecule has 0 aliphatic rings. The van der Waals surface area contributed by atoms with Gasteiger partial charge in [0.1, 0.15) is 0 Å². The van der Waals surface area contributed by atoms with E-state index < -0.39 is 11.6 Å². The van der Waals surface area contributed by atoms with Crippen molar-refractivity contribution in [3.63, 3.8) is 0 Å². The summed E-state index contributed by atoms with van der Waals surface area (Å²) < 4.78 is 13.3. The zero-order chi connectivity index (χ0) is 25.8. The van der Waals surface area contributed by atoms with E-state index in [-0.39, 0.29) is 11.5 Å². The van der Waals surface area contributed by atoms with E-state index in [2.05, 4.69) is 20.8 Å². The van der Waals surface area contributed by atoms with Gasteiger partial charge in [0.2, 0.25) is 0 Å². The molecule has 0 aliphatic heterocycles. The Hall–Kier alpha value is -3.28. The second-order valence-electron chi connectivity index (χ2n) is 10.3. The number of fused-ring (bicyclic) bond motifs is 1. The van der Waals surface area contributed by atoms with E-state index in [4.69, 9.17) is 9.47 Å². The van der Waals surface area contributed by atoms with E-state index in [1.807, 2.05) is 69.3 Å². The van der Waals surface area contributed by atoms with Crippen molar-refractivity contribution in [1.29, 1.82) is 0 Å². The highest BCUT2D eigenvalue weighted by molar-refractivity contribution is 5.99. The molecule has 0 radical (unpaired) electrons. The molecule has 1 amide bonds. The maximum Gasteiger partial charge on any atom is 0.415 e. The molecule has 3 rings (SSSR count). The maximum absolute atomic E-state index is 13.9. The highest BCUT2D eigenvalue weighted by Gasteiger charge is 2.35. The number of unbranched alkanes of at least 4 members (excludes halogenated alkanes) is 1. The van der Waals surface area contributed by atoms with Gasteiger partial charge in [0.15, 0.2) is 11.6 Å². The summed E-state index contributed by atoms with van der Waals surface area (Å²) >= 11 is 0. The van der Waals surface area contributed by atoms with Crippen molar-refractivity contribution in [2.45, 2.75) is 66.5 Å². The summed E-state index contributed by atoms with van der Waals surface area (Å²) in [5, 5.41) is 1.26. The van der Waals surface area contributed by atoms with Crippen LogP contribution in [0.1, 0.15) is 54.4 Å². The Labute approximate surface area is 208 Å². The van der Waals surface area contributed by atoms with E-state index in [0.717, 1.165) is 24.0 Å². The fourth-order valence-electron chi connectivity index (χ4n) is 4.20. The van der Waals surface area contributed by atoms with Crippen molar-refractivity contribution in [1.82, 2.24) is 4.57 Å². The zero-order valence-electron chi connectivity index (χ0n) is 22.1. The monoisotopic (exact) mass is 478 g/mol. The first kappa shape index (κ1) is 26.3. The highest BCUT2D eigenvalue weighted by atomic mass is 16.5. The van der Waals surface area contributed by atoms with Crippen LogP contribution in [0.2, 0.25) is 0 Å². The standard InChI is InChI=1S/C29H38N2O4/c1-8-9-17-35-25-24-18-22(21-13-11-10-12-14-21)15-16-23(24)27(32)30(19-20(2)3)26(25)31(28(33)34-7)29(4,5)6/h10-16,18,20H,8-9,17,19H2,1-7H3. The second kappa shape index (κ2) is 11.0. The van der Waals surface area contributed by atoms with Gasteiger partial charge in [-0.3, -0.25) is 14.3 Å². The zero-order valence-corrected chi connectivity index (χ0v) is 22.1. The number of amides is 1. The smallest absolute Gasteiger partial charge is 0.415 e. The van der Waals surface area contributed by atoms with Crippen LogP contribution in [0.3, 0.4) is 0 Å². The fourth-order valence-corrected chi connectivity index (χ4v) is 4.20. The van der Waals surface area contributed by atoms with Crippen molar-refractivity contribution < 1.29 is 14.3 Å². The van der Waals surface area contributed by atoms with Gasteiger partial charge in [-0.05, 0) is 56.4 Å². The summed E-state index contributed by atoms with van der Waals surface area (Å²) in [6, 6.07) is 15.9. The summed E-state index contributed by atoms with van der Waals surface area (Å²) in [7, 11) is 1.36. The van der Waals surface area contributed by atoms with Crippen LogP contribution in [-0.2, 0) is 11.3 Å². The third-order valence-electron chi connectivity index (χ3n) is 5.84. The molecular weight excluding hydrogens is 440 g/mol. The van der Waals surface area contributed by atoms with Crippen LogP contribution >= 0.6 is 0 Å². The van der Waals surface area contributed by atoms with Crippen LogP contribution in [0, 0.1) is 5.92 Å². The van der Waals surface area contributed by atoms with Gasteiger partial charge in [0.25, 0.3) is 5.56 Å². The number of hydrogen-bond donors (Lipinski definition) is 0. The number of nitrogens with zero attached hydrogens (tertiary/aromatic N) is 2. The maximum atomic E-state index is 13.9. The topological polar surface area (TPSA) is 60.8 Å². The number of benzene rings is 2. The molecule has 35 heavy (non-hydrogen) atoms. The number of hydrogen-bond acceptors (Lipinski definition) is 4.